The summed E-state index contributed by atoms with van der Waals surface area (Å²) in [6.07, 6.45) is 2.92. The molecule has 0 radical (unpaired) electrons. The van der Waals surface area contributed by atoms with Crippen LogP contribution in [0.25, 0.3) is 22.5 Å². The van der Waals surface area contributed by atoms with Crippen molar-refractivity contribution < 1.29 is 65.8 Å². The maximum atomic E-state index is 13.8. The summed E-state index contributed by atoms with van der Waals surface area (Å²) >= 11 is 0. The summed E-state index contributed by atoms with van der Waals surface area (Å²) < 4.78 is 6.21. The summed E-state index contributed by atoms with van der Waals surface area (Å²) in [4.78, 5) is 35.4. The number of hydrogen-bond acceptors (Lipinski definition) is 7. The molecule has 8 nitrogen and oxygen atoms in total. The Balaban J connectivity index is 0.00000441. The fraction of sp³-hybridized carbons (Fsp3) is 0.387. The molecule has 2 aromatic carbocycles. The molecule has 9 heteroatoms. The molecule has 0 bridgehead atoms. The second-order valence-corrected chi connectivity index (χ2v) is 10.8. The van der Waals surface area contributed by atoms with Gasteiger partial charge in [-0.3, -0.25) is 14.2 Å². The molecule has 4 rings (SSSR count). The van der Waals surface area contributed by atoms with Gasteiger partial charge in [0.2, 0.25) is 0 Å². The molecule has 0 N–H and O–H groups in total. The van der Waals surface area contributed by atoms with E-state index in [2.05, 4.69) is 21.6 Å². The van der Waals surface area contributed by atoms with Crippen LogP contribution in [0.1, 0.15) is 70.1 Å². The van der Waals surface area contributed by atoms with Crippen molar-refractivity contribution in [1.29, 1.82) is 0 Å². The zero-order valence-corrected chi connectivity index (χ0v) is 27.4. The first-order chi connectivity index (χ1) is 18.6. The third-order valence-electron chi connectivity index (χ3n) is 6.87. The average molecular weight is 567 g/mol. The predicted octanol–water partition coefficient (Wildman–Crippen LogP) is 2.15. The molecule has 2 heterocycles. The molecule has 0 unspecified atom stereocenters. The van der Waals surface area contributed by atoms with Crippen LogP contribution in [0.3, 0.4) is 0 Å². The summed E-state index contributed by atoms with van der Waals surface area (Å²) in [5.74, 6) is 0.900. The van der Waals surface area contributed by atoms with Crippen molar-refractivity contribution >= 4 is 5.78 Å². The molecule has 40 heavy (non-hydrogen) atoms. The summed E-state index contributed by atoms with van der Waals surface area (Å²) in [7, 11) is 0. The molecule has 0 amide bonds. The van der Waals surface area contributed by atoms with E-state index in [9.17, 15) is 14.7 Å². The van der Waals surface area contributed by atoms with Crippen molar-refractivity contribution in [2.24, 2.45) is 5.41 Å². The number of hydrogen-bond donors (Lipinski definition) is 0. The summed E-state index contributed by atoms with van der Waals surface area (Å²) in [6, 6.07) is 15.5. The van der Waals surface area contributed by atoms with Gasteiger partial charge in [-0.15, -0.1) is 0 Å². The van der Waals surface area contributed by atoms with E-state index in [1.807, 2.05) is 76.2 Å². The van der Waals surface area contributed by atoms with Gasteiger partial charge in [0.1, 0.15) is 5.82 Å². The topological polar surface area (TPSA) is 114 Å². The maximum Gasteiger partial charge on any atom is 1.00 e. The Hall–Kier alpha value is -2.43. The van der Waals surface area contributed by atoms with E-state index in [0.29, 0.717) is 29.8 Å². The van der Waals surface area contributed by atoms with Crippen molar-refractivity contribution in [2.45, 2.75) is 73.3 Å². The minimum absolute atomic E-state index is 0. The van der Waals surface area contributed by atoms with Gasteiger partial charge in [0.05, 0.1) is 12.2 Å². The van der Waals surface area contributed by atoms with Gasteiger partial charge in [-0.1, -0.05) is 89.6 Å². The number of carbonyl (C=O) groups is 1. The second-order valence-electron chi connectivity index (χ2n) is 10.8. The fourth-order valence-corrected chi connectivity index (χ4v) is 4.48. The Morgan fingerprint density at radius 1 is 1.00 bits per heavy atom. The molecular formula is C31H35KN4O4. The zero-order chi connectivity index (χ0) is 28.2. The molecule has 0 aliphatic carbocycles. The van der Waals surface area contributed by atoms with E-state index in [1.165, 1.54) is 0 Å². The number of nitrogens with zero attached hydrogens (tertiary/aromatic N) is 4. The smallest absolute Gasteiger partial charge is 0.528 e. The Kier molecular flexibility index (Phi) is 11.2. The summed E-state index contributed by atoms with van der Waals surface area (Å²) in [6.45, 7) is 9.71. The Morgan fingerprint density at radius 3 is 2.25 bits per heavy atom. The number of benzene rings is 2. The van der Waals surface area contributed by atoms with Crippen LogP contribution in [0.15, 0.2) is 57.8 Å². The van der Waals surface area contributed by atoms with E-state index < -0.39 is 11.5 Å². The second kappa shape index (κ2) is 14.0. The van der Waals surface area contributed by atoms with Gasteiger partial charge >= 0.3 is 51.4 Å². The molecule has 4 aromatic rings. The van der Waals surface area contributed by atoms with E-state index in [4.69, 9.17) is 4.98 Å². The van der Waals surface area contributed by atoms with E-state index in [0.717, 1.165) is 41.6 Å². The standard InChI is InChI=1S/C31H36N4O4.K/c1-6-8-13-25-24(29(37)35(27(7-2)32-25)19-26(36)31(3,4)5)18-20-14-16-21(17-15-20)22-11-9-10-12-23(22)28-33-30(38)39-34-28;/h9-12,14-17H,6-8,13,18-19H2,1-5H3,(H,33,34,38);/q;+1/p-1. The minimum atomic E-state index is -0.730. The van der Waals surface area contributed by atoms with E-state index in [1.54, 1.807) is 4.57 Å². The fourth-order valence-electron chi connectivity index (χ4n) is 4.48. The molecular weight excluding hydrogens is 531 g/mol. The molecule has 0 spiro atoms. The molecule has 2 aromatic heterocycles. The summed E-state index contributed by atoms with van der Waals surface area (Å²) in [5.41, 5.74) is 4.23. The minimum Gasteiger partial charge on any atom is -0.528 e. The van der Waals surface area contributed by atoms with Gasteiger partial charge in [-0.25, -0.2) is 9.97 Å². The predicted molar refractivity (Wildman–Crippen MR) is 148 cm³/mol. The van der Waals surface area contributed by atoms with Crippen molar-refractivity contribution in [2.75, 3.05) is 0 Å². The Morgan fingerprint density at radius 2 is 1.68 bits per heavy atom. The molecule has 0 aliphatic rings. The first-order valence-corrected chi connectivity index (χ1v) is 13.5. The van der Waals surface area contributed by atoms with Crippen LogP contribution < -0.4 is 62.1 Å². The van der Waals surface area contributed by atoms with Crippen LogP contribution >= 0.6 is 0 Å². The Bertz CT molecular complexity index is 1520. The molecule has 204 valence electrons. The number of aromatic nitrogens is 4. The van der Waals surface area contributed by atoms with Gasteiger partial charge in [-0.2, -0.15) is 5.16 Å². The molecule has 0 saturated carbocycles. The number of unbranched alkanes of at least 4 members (excludes halogenated alkanes) is 1. The van der Waals surface area contributed by atoms with Gasteiger partial charge in [0.25, 0.3) is 5.56 Å². The molecule has 0 atom stereocenters. The molecule has 0 fully saturated rings. The first-order valence-electron chi connectivity index (χ1n) is 13.5. The van der Waals surface area contributed by atoms with Crippen LogP contribution in [0.5, 0.6) is 6.08 Å². The van der Waals surface area contributed by atoms with E-state index in [-0.39, 0.29) is 75.1 Å². The Labute approximate surface area is 277 Å². The molecule has 0 saturated heterocycles. The summed E-state index contributed by atoms with van der Waals surface area (Å²) in [5, 5.41) is 15.2. The van der Waals surface area contributed by atoms with Crippen LogP contribution in [-0.2, 0) is 30.6 Å². The van der Waals surface area contributed by atoms with Crippen molar-refractivity contribution in [3.05, 3.63) is 81.5 Å². The number of rotatable bonds is 10. The monoisotopic (exact) mass is 566 g/mol. The van der Waals surface area contributed by atoms with E-state index >= 15 is 0 Å². The largest absolute Gasteiger partial charge is 1.00 e. The zero-order valence-electron chi connectivity index (χ0n) is 24.3. The van der Waals surface area contributed by atoms with Crippen LogP contribution in [0, 0.1) is 5.41 Å². The number of carbonyl (C=O) groups excluding carboxylic acids is 1. The van der Waals surface area contributed by atoms with Gasteiger partial charge in [-0.05, 0) is 29.5 Å². The van der Waals surface area contributed by atoms with Crippen LogP contribution in [-0.4, -0.2) is 25.5 Å². The maximum absolute atomic E-state index is 13.8. The van der Waals surface area contributed by atoms with Crippen molar-refractivity contribution in [3.63, 3.8) is 0 Å². The first kappa shape index (κ1) is 32.1. The van der Waals surface area contributed by atoms with Gasteiger partial charge in [0, 0.05) is 29.4 Å². The quantitative estimate of drug-likeness (QED) is 0.270. The number of Topliss-reactive ketones (excluding diaryl/α,β-unsaturated/α-hetero) is 1. The van der Waals surface area contributed by atoms with Crippen molar-refractivity contribution in [1.82, 2.24) is 19.7 Å². The third kappa shape index (κ3) is 7.44. The molecule has 0 aliphatic heterocycles. The van der Waals surface area contributed by atoms with Gasteiger partial charge < -0.3 is 9.63 Å². The SMILES string of the molecule is CCCCc1nc(CC)n(CC(=O)C(C)(C)C)c(=O)c1Cc1ccc(-c2ccccc2-c2noc([O-])n2)cc1.[K+]. The van der Waals surface area contributed by atoms with Crippen molar-refractivity contribution in [3.8, 4) is 28.6 Å². The number of aryl methyl sites for hydroxylation is 2. The van der Waals surface area contributed by atoms with Gasteiger partial charge in [0.15, 0.2) is 17.7 Å². The number of ketones is 1. The average Bonchev–Trinajstić information content (AvgIpc) is 3.36. The third-order valence-corrected chi connectivity index (χ3v) is 6.87. The van der Waals surface area contributed by atoms with Crippen LogP contribution in [0.4, 0.5) is 0 Å². The normalized spacial score (nSPS) is 11.3. The van der Waals surface area contributed by atoms with Crippen LogP contribution in [0.2, 0.25) is 0 Å².